The minimum absolute atomic E-state index is 0.180. The summed E-state index contributed by atoms with van der Waals surface area (Å²) in [6.07, 6.45) is 0.435. The van der Waals surface area contributed by atoms with E-state index in [4.69, 9.17) is 20.9 Å². The smallest absolute Gasteiger partial charge is 0.251 e. The molecule has 0 atom stereocenters. The van der Waals surface area contributed by atoms with Gasteiger partial charge in [0.1, 0.15) is 5.75 Å². The van der Waals surface area contributed by atoms with E-state index < -0.39 is 0 Å². The van der Waals surface area contributed by atoms with E-state index in [1.165, 1.54) is 0 Å². The first-order valence-electron chi connectivity index (χ1n) is 8.25. The molecule has 26 heavy (non-hydrogen) atoms. The van der Waals surface area contributed by atoms with Gasteiger partial charge in [-0.05, 0) is 37.3 Å². The molecule has 0 radical (unpaired) electrons. The van der Waals surface area contributed by atoms with Gasteiger partial charge in [-0.1, -0.05) is 35.0 Å². The molecule has 0 aliphatic heterocycles. The molecule has 134 valence electrons. The van der Waals surface area contributed by atoms with Gasteiger partial charge >= 0.3 is 0 Å². The molecule has 2 aromatic carbocycles. The molecule has 1 aromatic heterocycles. The van der Waals surface area contributed by atoms with Crippen molar-refractivity contribution in [3.8, 4) is 17.1 Å². The van der Waals surface area contributed by atoms with Crippen LogP contribution in [-0.4, -0.2) is 29.2 Å². The molecule has 1 amide bonds. The molecule has 3 aromatic rings. The number of halogens is 1. The number of ether oxygens (including phenoxy) is 1. The lowest BCUT2D eigenvalue weighted by Crippen LogP contribution is -2.25. The van der Waals surface area contributed by atoms with Gasteiger partial charge in [-0.15, -0.1) is 0 Å². The molecule has 0 fully saturated rings. The van der Waals surface area contributed by atoms with Gasteiger partial charge in [-0.25, -0.2) is 0 Å². The molecule has 0 spiro atoms. The van der Waals surface area contributed by atoms with Crippen molar-refractivity contribution in [1.29, 1.82) is 0 Å². The summed E-state index contributed by atoms with van der Waals surface area (Å²) >= 11 is 5.97. The Balaban J connectivity index is 1.55. The number of nitrogens with zero attached hydrogens (tertiary/aromatic N) is 2. The van der Waals surface area contributed by atoms with Gasteiger partial charge in [0.15, 0.2) is 0 Å². The predicted molar refractivity (Wildman–Crippen MR) is 98.4 cm³/mol. The molecule has 6 nitrogen and oxygen atoms in total. The molecular weight excluding hydrogens is 354 g/mol. The molecule has 1 N–H and O–H groups in total. The number of benzene rings is 2. The SMILES string of the molecule is CCOc1cccc(C(=O)NCCc2nc(-c3cccc(Cl)c3)no2)c1. The van der Waals surface area contributed by atoms with Crippen molar-refractivity contribution in [2.75, 3.05) is 13.2 Å². The maximum Gasteiger partial charge on any atom is 0.251 e. The Morgan fingerprint density at radius 2 is 2.08 bits per heavy atom. The standard InChI is InChI=1S/C19H18ClN3O3/c1-2-25-16-8-4-6-14(12-16)19(24)21-10-9-17-22-18(23-26-17)13-5-3-7-15(20)11-13/h3-8,11-12H,2,9-10H2,1H3,(H,21,24). The summed E-state index contributed by atoms with van der Waals surface area (Å²) in [5, 5.41) is 7.38. The zero-order chi connectivity index (χ0) is 18.4. The van der Waals surface area contributed by atoms with Gasteiger partial charge in [0, 0.05) is 29.1 Å². The molecule has 7 heteroatoms. The van der Waals surface area contributed by atoms with Gasteiger partial charge < -0.3 is 14.6 Å². The van der Waals surface area contributed by atoms with Crippen molar-refractivity contribution in [1.82, 2.24) is 15.5 Å². The molecule has 0 aliphatic rings. The molecule has 0 bridgehead atoms. The van der Waals surface area contributed by atoms with Gasteiger partial charge in [0.2, 0.25) is 11.7 Å². The van der Waals surface area contributed by atoms with Crippen molar-refractivity contribution in [2.45, 2.75) is 13.3 Å². The lowest BCUT2D eigenvalue weighted by molar-refractivity contribution is 0.0953. The minimum atomic E-state index is -0.180. The maximum absolute atomic E-state index is 12.2. The summed E-state index contributed by atoms with van der Waals surface area (Å²) in [7, 11) is 0. The number of amides is 1. The van der Waals surface area contributed by atoms with Crippen LogP contribution >= 0.6 is 11.6 Å². The van der Waals surface area contributed by atoms with Gasteiger partial charge in [0.05, 0.1) is 6.61 Å². The normalized spacial score (nSPS) is 10.5. The Kier molecular flexibility index (Phi) is 5.86. The molecule has 1 heterocycles. The lowest BCUT2D eigenvalue weighted by Gasteiger charge is -2.06. The average molecular weight is 372 g/mol. The summed E-state index contributed by atoms with van der Waals surface area (Å²) in [6, 6.07) is 14.3. The second kappa shape index (κ2) is 8.49. The van der Waals surface area contributed by atoms with E-state index in [1.807, 2.05) is 25.1 Å². The van der Waals surface area contributed by atoms with E-state index in [-0.39, 0.29) is 5.91 Å². The average Bonchev–Trinajstić information content (AvgIpc) is 3.11. The van der Waals surface area contributed by atoms with Gasteiger partial charge in [-0.3, -0.25) is 4.79 Å². The van der Waals surface area contributed by atoms with E-state index in [0.717, 1.165) is 5.56 Å². The van der Waals surface area contributed by atoms with E-state index in [9.17, 15) is 4.79 Å². The fourth-order valence-electron chi connectivity index (χ4n) is 2.38. The zero-order valence-electron chi connectivity index (χ0n) is 14.2. The summed E-state index contributed by atoms with van der Waals surface area (Å²) in [4.78, 5) is 16.5. The van der Waals surface area contributed by atoms with Crippen molar-refractivity contribution in [3.05, 3.63) is 65.0 Å². The second-order valence-electron chi connectivity index (χ2n) is 5.49. The predicted octanol–water partition coefficient (Wildman–Crippen LogP) is 3.76. The van der Waals surface area contributed by atoms with Crippen LogP contribution in [0.2, 0.25) is 5.02 Å². The summed E-state index contributed by atoms with van der Waals surface area (Å²) in [6.45, 7) is 2.83. The Hall–Kier alpha value is -2.86. The monoisotopic (exact) mass is 371 g/mol. The topological polar surface area (TPSA) is 77.2 Å². The van der Waals surface area contributed by atoms with Crippen LogP contribution in [0.25, 0.3) is 11.4 Å². The van der Waals surface area contributed by atoms with Crippen LogP contribution in [0.1, 0.15) is 23.2 Å². The minimum Gasteiger partial charge on any atom is -0.494 e. The number of carbonyl (C=O) groups excluding carboxylic acids is 1. The largest absolute Gasteiger partial charge is 0.494 e. The van der Waals surface area contributed by atoms with Crippen LogP contribution in [0.4, 0.5) is 0 Å². The van der Waals surface area contributed by atoms with E-state index >= 15 is 0 Å². The second-order valence-corrected chi connectivity index (χ2v) is 5.93. The van der Waals surface area contributed by atoms with E-state index in [2.05, 4.69) is 15.5 Å². The Labute approximate surface area is 156 Å². The number of carbonyl (C=O) groups is 1. The Bertz CT molecular complexity index is 895. The Morgan fingerprint density at radius 3 is 2.88 bits per heavy atom. The van der Waals surface area contributed by atoms with Crippen LogP contribution in [-0.2, 0) is 6.42 Å². The molecule has 0 saturated heterocycles. The maximum atomic E-state index is 12.2. The number of aromatic nitrogens is 2. The fraction of sp³-hybridized carbons (Fsp3) is 0.211. The summed E-state index contributed by atoms with van der Waals surface area (Å²) < 4.78 is 10.6. The molecule has 0 unspecified atom stereocenters. The highest BCUT2D eigenvalue weighted by Gasteiger charge is 2.10. The van der Waals surface area contributed by atoms with Crippen LogP contribution in [0.15, 0.2) is 53.1 Å². The highest BCUT2D eigenvalue weighted by molar-refractivity contribution is 6.30. The van der Waals surface area contributed by atoms with E-state index in [1.54, 1.807) is 30.3 Å². The fourth-order valence-corrected chi connectivity index (χ4v) is 2.57. The van der Waals surface area contributed by atoms with Crippen molar-refractivity contribution >= 4 is 17.5 Å². The van der Waals surface area contributed by atoms with E-state index in [0.29, 0.717) is 47.6 Å². The first kappa shape index (κ1) is 17.9. The highest BCUT2D eigenvalue weighted by atomic mass is 35.5. The first-order valence-corrected chi connectivity index (χ1v) is 8.63. The third-order valence-corrected chi connectivity index (χ3v) is 3.82. The van der Waals surface area contributed by atoms with Crippen LogP contribution in [0.3, 0.4) is 0 Å². The number of nitrogens with one attached hydrogen (secondary N) is 1. The lowest BCUT2D eigenvalue weighted by atomic mass is 10.2. The number of hydrogen-bond donors (Lipinski definition) is 1. The molecule has 3 rings (SSSR count). The van der Waals surface area contributed by atoms with Crippen LogP contribution in [0, 0.1) is 0 Å². The highest BCUT2D eigenvalue weighted by Crippen LogP contribution is 2.20. The number of hydrogen-bond acceptors (Lipinski definition) is 5. The quantitative estimate of drug-likeness (QED) is 0.684. The van der Waals surface area contributed by atoms with Crippen molar-refractivity contribution in [3.63, 3.8) is 0 Å². The van der Waals surface area contributed by atoms with Crippen molar-refractivity contribution < 1.29 is 14.1 Å². The molecular formula is C19H18ClN3O3. The summed E-state index contributed by atoms with van der Waals surface area (Å²) in [5.74, 6) is 1.41. The zero-order valence-corrected chi connectivity index (χ0v) is 15.0. The third kappa shape index (κ3) is 4.61. The van der Waals surface area contributed by atoms with Gasteiger partial charge in [0.25, 0.3) is 5.91 Å². The van der Waals surface area contributed by atoms with Crippen LogP contribution in [0.5, 0.6) is 5.75 Å². The van der Waals surface area contributed by atoms with Crippen molar-refractivity contribution in [2.24, 2.45) is 0 Å². The van der Waals surface area contributed by atoms with Crippen LogP contribution < -0.4 is 10.1 Å². The third-order valence-electron chi connectivity index (χ3n) is 3.58. The Morgan fingerprint density at radius 1 is 1.23 bits per heavy atom. The molecule has 0 saturated carbocycles. The molecule has 0 aliphatic carbocycles. The summed E-state index contributed by atoms with van der Waals surface area (Å²) in [5.41, 5.74) is 1.32. The first-order chi connectivity index (χ1) is 12.7. The van der Waals surface area contributed by atoms with Gasteiger partial charge in [-0.2, -0.15) is 4.98 Å². The number of rotatable bonds is 7.